The first kappa shape index (κ1) is 13.7. The summed E-state index contributed by atoms with van der Waals surface area (Å²) < 4.78 is 0. The zero-order valence-corrected chi connectivity index (χ0v) is 12.6. The number of rotatable bonds is 4. The number of aromatic nitrogens is 1. The molecule has 1 saturated heterocycles. The fourth-order valence-electron chi connectivity index (χ4n) is 2.53. The number of carboxylic acid groups (broad SMARTS) is 1. The van der Waals surface area contributed by atoms with Crippen molar-refractivity contribution in [3.05, 3.63) is 27.9 Å². The van der Waals surface area contributed by atoms with Crippen LogP contribution in [0.3, 0.4) is 0 Å². The number of hydrogen-bond acceptors (Lipinski definition) is 5. The Morgan fingerprint density at radius 1 is 1.50 bits per heavy atom. The van der Waals surface area contributed by atoms with E-state index >= 15 is 0 Å². The molecule has 1 atom stereocenters. The van der Waals surface area contributed by atoms with Crippen LogP contribution in [0.5, 0.6) is 0 Å². The van der Waals surface area contributed by atoms with Gasteiger partial charge in [0.05, 0.1) is 11.6 Å². The molecule has 0 spiro atoms. The van der Waals surface area contributed by atoms with Gasteiger partial charge >= 0.3 is 5.97 Å². The summed E-state index contributed by atoms with van der Waals surface area (Å²) >= 11 is 3.33. The van der Waals surface area contributed by atoms with E-state index in [2.05, 4.69) is 32.1 Å². The summed E-state index contributed by atoms with van der Waals surface area (Å²) in [6.45, 7) is 2.36. The zero-order valence-electron chi connectivity index (χ0n) is 11.0. The SMILES string of the molecule is O=C(O)[C@H]1CCCN(Cc2csc(-c3ccsc3)n2)C1. The van der Waals surface area contributed by atoms with Gasteiger partial charge in [-0.15, -0.1) is 11.3 Å². The molecule has 3 rings (SSSR count). The minimum atomic E-state index is -0.674. The zero-order chi connectivity index (χ0) is 13.9. The highest BCUT2D eigenvalue weighted by Crippen LogP contribution is 2.27. The second-order valence-corrected chi connectivity index (χ2v) is 6.71. The fraction of sp³-hybridized carbons (Fsp3) is 0.429. The molecule has 1 aliphatic heterocycles. The van der Waals surface area contributed by atoms with Crippen LogP contribution in [0.2, 0.25) is 0 Å². The molecule has 0 amide bonds. The van der Waals surface area contributed by atoms with Gasteiger partial charge in [0.15, 0.2) is 0 Å². The van der Waals surface area contributed by atoms with Gasteiger partial charge in [-0.25, -0.2) is 4.98 Å². The van der Waals surface area contributed by atoms with Crippen LogP contribution in [-0.2, 0) is 11.3 Å². The third-order valence-electron chi connectivity index (χ3n) is 3.56. The minimum Gasteiger partial charge on any atom is -0.481 e. The lowest BCUT2D eigenvalue weighted by Gasteiger charge is -2.29. The first-order chi connectivity index (χ1) is 9.72. The lowest BCUT2D eigenvalue weighted by atomic mass is 9.98. The van der Waals surface area contributed by atoms with Crippen LogP contribution in [0.4, 0.5) is 0 Å². The largest absolute Gasteiger partial charge is 0.481 e. The van der Waals surface area contributed by atoms with E-state index in [1.54, 1.807) is 22.7 Å². The molecular formula is C14H16N2O2S2. The van der Waals surface area contributed by atoms with Crippen LogP contribution >= 0.6 is 22.7 Å². The van der Waals surface area contributed by atoms with Crippen molar-refractivity contribution in [1.29, 1.82) is 0 Å². The molecule has 0 unspecified atom stereocenters. The standard InChI is InChI=1S/C14H16N2O2S2/c17-14(18)10-2-1-4-16(6-10)7-12-9-20-13(15-12)11-3-5-19-8-11/h3,5,8-10H,1-2,4,6-7H2,(H,17,18)/t10-/m0/s1. The van der Waals surface area contributed by atoms with E-state index in [1.165, 1.54) is 5.56 Å². The van der Waals surface area contributed by atoms with Crippen LogP contribution < -0.4 is 0 Å². The molecule has 0 aliphatic carbocycles. The Balaban J connectivity index is 1.64. The third-order valence-corrected chi connectivity index (χ3v) is 5.18. The van der Waals surface area contributed by atoms with E-state index in [0.29, 0.717) is 6.54 Å². The molecule has 0 saturated carbocycles. The van der Waals surface area contributed by atoms with E-state index in [9.17, 15) is 4.79 Å². The molecule has 2 aromatic rings. The van der Waals surface area contributed by atoms with Crippen molar-refractivity contribution >= 4 is 28.6 Å². The van der Waals surface area contributed by atoms with Crippen molar-refractivity contribution in [1.82, 2.24) is 9.88 Å². The second kappa shape index (κ2) is 6.03. The van der Waals surface area contributed by atoms with Crippen molar-refractivity contribution in [2.24, 2.45) is 5.92 Å². The van der Waals surface area contributed by atoms with Gasteiger partial charge in [0.2, 0.25) is 0 Å². The molecule has 20 heavy (non-hydrogen) atoms. The average Bonchev–Trinajstić information content (AvgIpc) is 3.09. The van der Waals surface area contributed by atoms with Crippen molar-refractivity contribution < 1.29 is 9.90 Å². The molecule has 0 radical (unpaired) electrons. The van der Waals surface area contributed by atoms with Crippen LogP contribution in [-0.4, -0.2) is 34.0 Å². The normalized spacial score (nSPS) is 20.1. The Morgan fingerprint density at radius 2 is 2.40 bits per heavy atom. The van der Waals surface area contributed by atoms with Gasteiger partial charge in [-0.1, -0.05) is 0 Å². The van der Waals surface area contributed by atoms with E-state index < -0.39 is 5.97 Å². The van der Waals surface area contributed by atoms with Gasteiger partial charge in [-0.2, -0.15) is 11.3 Å². The average molecular weight is 308 g/mol. The highest BCUT2D eigenvalue weighted by atomic mass is 32.1. The number of hydrogen-bond donors (Lipinski definition) is 1. The molecule has 6 heteroatoms. The smallest absolute Gasteiger partial charge is 0.307 e. The Bertz CT molecular complexity index is 580. The first-order valence-corrected chi connectivity index (χ1v) is 8.47. The van der Waals surface area contributed by atoms with Gasteiger partial charge in [0.25, 0.3) is 0 Å². The molecule has 1 fully saturated rings. The minimum absolute atomic E-state index is 0.223. The van der Waals surface area contributed by atoms with Gasteiger partial charge in [-0.3, -0.25) is 9.69 Å². The molecule has 106 valence electrons. The maximum atomic E-state index is 11.1. The molecular weight excluding hydrogens is 292 g/mol. The summed E-state index contributed by atoms with van der Waals surface area (Å²) in [5.74, 6) is -0.898. The number of carbonyl (C=O) groups is 1. The molecule has 4 nitrogen and oxygen atoms in total. The van der Waals surface area contributed by atoms with Crippen molar-refractivity contribution in [2.45, 2.75) is 19.4 Å². The van der Waals surface area contributed by atoms with Crippen LogP contribution in [0.15, 0.2) is 22.2 Å². The first-order valence-electron chi connectivity index (χ1n) is 6.64. The van der Waals surface area contributed by atoms with Crippen LogP contribution in [0.25, 0.3) is 10.6 Å². The second-order valence-electron chi connectivity index (χ2n) is 5.07. The van der Waals surface area contributed by atoms with Crippen LogP contribution in [0.1, 0.15) is 18.5 Å². The monoisotopic (exact) mass is 308 g/mol. The summed E-state index contributed by atoms with van der Waals surface area (Å²) in [5.41, 5.74) is 2.22. The number of aliphatic carboxylic acids is 1. The molecule has 2 aromatic heterocycles. The maximum Gasteiger partial charge on any atom is 0.307 e. The van der Waals surface area contributed by atoms with Crippen molar-refractivity contribution in [2.75, 3.05) is 13.1 Å². The summed E-state index contributed by atoms with van der Waals surface area (Å²) in [6.07, 6.45) is 1.75. The highest BCUT2D eigenvalue weighted by Gasteiger charge is 2.25. The number of piperidine rings is 1. The Kier molecular flexibility index (Phi) is 4.14. The molecule has 0 aromatic carbocycles. The van der Waals surface area contributed by atoms with Crippen LogP contribution in [0, 0.1) is 5.92 Å². The van der Waals surface area contributed by atoms with Gasteiger partial charge in [0, 0.05) is 29.4 Å². The lowest BCUT2D eigenvalue weighted by molar-refractivity contribution is -0.143. The Labute approximate surface area is 125 Å². The number of carboxylic acids is 1. The van der Waals surface area contributed by atoms with Gasteiger partial charge in [-0.05, 0) is 30.8 Å². The Morgan fingerprint density at radius 3 is 3.15 bits per heavy atom. The predicted octanol–water partition coefficient (Wildman–Crippen LogP) is 3.17. The van der Waals surface area contributed by atoms with E-state index in [0.717, 1.165) is 36.6 Å². The predicted molar refractivity (Wildman–Crippen MR) is 81.1 cm³/mol. The molecule has 1 N–H and O–H groups in total. The summed E-state index contributed by atoms with van der Waals surface area (Å²) in [6, 6.07) is 2.08. The molecule has 3 heterocycles. The van der Waals surface area contributed by atoms with Crippen molar-refractivity contribution in [3.8, 4) is 10.6 Å². The topological polar surface area (TPSA) is 53.4 Å². The van der Waals surface area contributed by atoms with Crippen molar-refractivity contribution in [3.63, 3.8) is 0 Å². The number of thiazole rings is 1. The number of likely N-dealkylation sites (tertiary alicyclic amines) is 1. The van der Waals surface area contributed by atoms with Gasteiger partial charge < -0.3 is 5.11 Å². The lowest BCUT2D eigenvalue weighted by Crippen LogP contribution is -2.38. The van der Waals surface area contributed by atoms with E-state index in [1.807, 2.05) is 0 Å². The summed E-state index contributed by atoms with van der Waals surface area (Å²) in [4.78, 5) is 17.9. The number of thiophene rings is 1. The van der Waals surface area contributed by atoms with Gasteiger partial charge in [0.1, 0.15) is 5.01 Å². The molecule has 1 aliphatic rings. The maximum absolute atomic E-state index is 11.1. The summed E-state index contributed by atoms with van der Waals surface area (Å²) in [7, 11) is 0. The van der Waals surface area contributed by atoms with E-state index in [4.69, 9.17) is 5.11 Å². The fourth-order valence-corrected chi connectivity index (χ4v) is 4.05. The number of nitrogens with zero attached hydrogens (tertiary/aromatic N) is 2. The highest BCUT2D eigenvalue weighted by molar-refractivity contribution is 7.14. The Hall–Kier alpha value is -1.24. The molecule has 0 bridgehead atoms. The summed E-state index contributed by atoms with van der Waals surface area (Å²) in [5, 5.41) is 16.4. The quantitative estimate of drug-likeness (QED) is 0.942. The third kappa shape index (κ3) is 3.08. The van der Waals surface area contributed by atoms with E-state index in [-0.39, 0.29) is 5.92 Å².